The number of hydrogen-bond acceptors (Lipinski definition) is 2. The lowest BCUT2D eigenvalue weighted by Crippen LogP contribution is -2.36. The van der Waals surface area contributed by atoms with E-state index in [9.17, 15) is 0 Å². The van der Waals surface area contributed by atoms with Crippen LogP contribution in [0.4, 0.5) is 0 Å². The second-order valence-electron chi connectivity index (χ2n) is 6.52. The Morgan fingerprint density at radius 2 is 2.11 bits per heavy atom. The first-order valence-corrected chi connectivity index (χ1v) is 7.29. The van der Waals surface area contributed by atoms with Crippen molar-refractivity contribution < 1.29 is 0 Å². The summed E-state index contributed by atoms with van der Waals surface area (Å²) in [6, 6.07) is 0.753. The van der Waals surface area contributed by atoms with Gasteiger partial charge in [-0.05, 0) is 63.0 Å². The van der Waals surface area contributed by atoms with Gasteiger partial charge in [-0.1, -0.05) is 13.8 Å². The second-order valence-corrected chi connectivity index (χ2v) is 6.52. The van der Waals surface area contributed by atoms with Crippen LogP contribution in [0.15, 0.2) is 6.20 Å². The molecule has 1 aliphatic rings. The fourth-order valence-corrected chi connectivity index (χ4v) is 2.82. The number of H-pyrrole nitrogens is 1. The molecule has 0 unspecified atom stereocenters. The minimum absolute atomic E-state index is 0.575. The van der Waals surface area contributed by atoms with E-state index in [4.69, 9.17) is 0 Å². The first-order valence-electron chi connectivity index (χ1n) is 7.29. The summed E-state index contributed by atoms with van der Waals surface area (Å²) in [5.41, 5.74) is 3.16. The Kier molecular flexibility index (Phi) is 4.44. The third-order valence-electron chi connectivity index (χ3n) is 4.33. The average molecular weight is 249 g/mol. The van der Waals surface area contributed by atoms with Gasteiger partial charge in [0.1, 0.15) is 0 Å². The van der Waals surface area contributed by atoms with Crippen molar-refractivity contribution >= 4 is 0 Å². The van der Waals surface area contributed by atoms with Crippen molar-refractivity contribution in [1.29, 1.82) is 0 Å². The first-order chi connectivity index (χ1) is 8.57. The summed E-state index contributed by atoms with van der Waals surface area (Å²) in [6.07, 6.45) is 9.72. The standard InChI is InChI=1S/C15H27N3/c1-12-13(11-17-18-12)5-4-10-16-14-6-8-15(2,3)9-7-14/h11,14,16H,4-10H2,1-3H3,(H,17,18). The van der Waals surface area contributed by atoms with E-state index in [1.54, 1.807) is 0 Å². The Balaban J connectivity index is 1.61. The van der Waals surface area contributed by atoms with Crippen LogP contribution in [0.3, 0.4) is 0 Å². The van der Waals surface area contributed by atoms with E-state index < -0.39 is 0 Å². The zero-order valence-electron chi connectivity index (χ0n) is 12.1. The van der Waals surface area contributed by atoms with Gasteiger partial charge in [0.05, 0.1) is 6.20 Å². The fraction of sp³-hybridized carbons (Fsp3) is 0.800. The third kappa shape index (κ3) is 3.84. The number of aromatic amines is 1. The Morgan fingerprint density at radius 3 is 2.72 bits per heavy atom. The van der Waals surface area contributed by atoms with Crippen LogP contribution >= 0.6 is 0 Å². The topological polar surface area (TPSA) is 40.7 Å². The SMILES string of the molecule is Cc1[nH]ncc1CCCNC1CCC(C)(C)CC1. The van der Waals surface area contributed by atoms with Crippen LogP contribution < -0.4 is 5.32 Å². The molecule has 1 heterocycles. The lowest BCUT2D eigenvalue weighted by molar-refractivity contribution is 0.206. The Labute approximate surface area is 111 Å². The van der Waals surface area contributed by atoms with Crippen LogP contribution in [0, 0.1) is 12.3 Å². The van der Waals surface area contributed by atoms with Crippen molar-refractivity contribution in [2.75, 3.05) is 6.54 Å². The maximum atomic E-state index is 4.06. The Hall–Kier alpha value is -0.830. The predicted molar refractivity (Wildman–Crippen MR) is 75.7 cm³/mol. The third-order valence-corrected chi connectivity index (χ3v) is 4.33. The van der Waals surface area contributed by atoms with Crippen LogP contribution in [0.1, 0.15) is 57.2 Å². The summed E-state index contributed by atoms with van der Waals surface area (Å²) in [7, 11) is 0. The van der Waals surface area contributed by atoms with Gasteiger partial charge in [0.15, 0.2) is 0 Å². The molecule has 0 radical (unpaired) electrons. The van der Waals surface area contributed by atoms with Gasteiger partial charge >= 0.3 is 0 Å². The number of aromatic nitrogens is 2. The summed E-state index contributed by atoms with van der Waals surface area (Å²) >= 11 is 0. The Morgan fingerprint density at radius 1 is 1.39 bits per heavy atom. The molecule has 0 amide bonds. The highest BCUT2D eigenvalue weighted by molar-refractivity contribution is 5.14. The molecule has 0 atom stereocenters. The van der Waals surface area contributed by atoms with Gasteiger partial charge in [0.2, 0.25) is 0 Å². The first kappa shape index (κ1) is 13.6. The van der Waals surface area contributed by atoms with Crippen molar-refractivity contribution in [3.8, 4) is 0 Å². The quantitative estimate of drug-likeness (QED) is 0.787. The molecule has 0 spiro atoms. The van der Waals surface area contributed by atoms with Crippen molar-refractivity contribution in [2.24, 2.45) is 5.41 Å². The number of hydrogen-bond donors (Lipinski definition) is 2. The maximum absolute atomic E-state index is 4.06. The smallest absolute Gasteiger partial charge is 0.0522 e. The van der Waals surface area contributed by atoms with Crippen LogP contribution in [-0.4, -0.2) is 22.8 Å². The van der Waals surface area contributed by atoms with Crippen LogP contribution in [-0.2, 0) is 6.42 Å². The lowest BCUT2D eigenvalue weighted by atomic mass is 9.75. The highest BCUT2D eigenvalue weighted by Gasteiger charge is 2.26. The summed E-state index contributed by atoms with van der Waals surface area (Å²) in [6.45, 7) is 8.02. The largest absolute Gasteiger partial charge is 0.314 e. The molecule has 3 nitrogen and oxygen atoms in total. The normalized spacial score (nSPS) is 20.2. The molecule has 1 fully saturated rings. The van der Waals surface area contributed by atoms with E-state index in [0.29, 0.717) is 5.41 Å². The molecule has 2 rings (SSSR count). The highest BCUT2D eigenvalue weighted by Crippen LogP contribution is 2.34. The van der Waals surface area contributed by atoms with Gasteiger partial charge in [-0.25, -0.2) is 0 Å². The van der Waals surface area contributed by atoms with Gasteiger partial charge < -0.3 is 5.32 Å². The second kappa shape index (κ2) is 5.87. The molecule has 0 aliphatic heterocycles. The lowest BCUT2D eigenvalue weighted by Gasteiger charge is -2.34. The van der Waals surface area contributed by atoms with E-state index in [0.717, 1.165) is 19.0 Å². The van der Waals surface area contributed by atoms with Gasteiger partial charge in [-0.15, -0.1) is 0 Å². The molecule has 0 saturated heterocycles. The molecule has 0 aromatic carbocycles. The molecule has 102 valence electrons. The van der Waals surface area contributed by atoms with Gasteiger partial charge in [-0.2, -0.15) is 5.10 Å². The van der Waals surface area contributed by atoms with E-state index in [-0.39, 0.29) is 0 Å². The molecular weight excluding hydrogens is 222 g/mol. The molecule has 0 bridgehead atoms. The molecule has 18 heavy (non-hydrogen) atoms. The van der Waals surface area contributed by atoms with Crippen molar-refractivity contribution in [2.45, 2.75) is 65.3 Å². The highest BCUT2D eigenvalue weighted by atomic mass is 15.1. The maximum Gasteiger partial charge on any atom is 0.0522 e. The monoisotopic (exact) mass is 249 g/mol. The van der Waals surface area contributed by atoms with Gasteiger partial charge in [0, 0.05) is 11.7 Å². The number of nitrogens with zero attached hydrogens (tertiary/aromatic N) is 1. The van der Waals surface area contributed by atoms with Crippen molar-refractivity contribution in [1.82, 2.24) is 15.5 Å². The van der Waals surface area contributed by atoms with Gasteiger partial charge in [0.25, 0.3) is 0 Å². The number of rotatable bonds is 5. The summed E-state index contributed by atoms with van der Waals surface area (Å²) in [4.78, 5) is 0. The van der Waals surface area contributed by atoms with Crippen molar-refractivity contribution in [3.63, 3.8) is 0 Å². The average Bonchev–Trinajstić information content (AvgIpc) is 2.72. The minimum Gasteiger partial charge on any atom is -0.314 e. The van der Waals surface area contributed by atoms with E-state index >= 15 is 0 Å². The molecule has 3 heteroatoms. The summed E-state index contributed by atoms with van der Waals surface area (Å²) in [5, 5.41) is 10.8. The number of nitrogens with one attached hydrogen (secondary N) is 2. The zero-order valence-corrected chi connectivity index (χ0v) is 12.1. The van der Waals surface area contributed by atoms with Crippen LogP contribution in [0.25, 0.3) is 0 Å². The van der Waals surface area contributed by atoms with Crippen LogP contribution in [0.5, 0.6) is 0 Å². The molecular formula is C15H27N3. The van der Waals surface area contributed by atoms with E-state index in [1.807, 2.05) is 6.20 Å². The van der Waals surface area contributed by atoms with E-state index in [1.165, 1.54) is 43.4 Å². The predicted octanol–water partition coefficient (Wildman–Crippen LogP) is 3.21. The Bertz CT molecular complexity index is 358. The zero-order chi connectivity index (χ0) is 13.0. The van der Waals surface area contributed by atoms with Gasteiger partial charge in [-0.3, -0.25) is 5.10 Å². The minimum atomic E-state index is 0.575. The molecule has 2 N–H and O–H groups in total. The number of aryl methyl sites for hydroxylation is 2. The van der Waals surface area contributed by atoms with Crippen LogP contribution in [0.2, 0.25) is 0 Å². The van der Waals surface area contributed by atoms with E-state index in [2.05, 4.69) is 36.3 Å². The molecule has 1 aromatic rings. The van der Waals surface area contributed by atoms with Crippen molar-refractivity contribution in [3.05, 3.63) is 17.5 Å². The molecule has 1 aliphatic carbocycles. The molecule has 1 saturated carbocycles. The summed E-state index contributed by atoms with van der Waals surface area (Å²) in [5.74, 6) is 0. The summed E-state index contributed by atoms with van der Waals surface area (Å²) < 4.78 is 0. The molecule has 1 aromatic heterocycles. The fourth-order valence-electron chi connectivity index (χ4n) is 2.82.